The van der Waals surface area contributed by atoms with Crippen molar-refractivity contribution in [3.8, 4) is 0 Å². The van der Waals surface area contributed by atoms with Gasteiger partial charge in [0.1, 0.15) is 0 Å². The molecule has 4 unspecified atom stereocenters. The lowest BCUT2D eigenvalue weighted by Crippen LogP contribution is -2.53. The molecule has 0 aromatic heterocycles. The molecule has 14 atom stereocenters. The Morgan fingerprint density at radius 2 is 0.960 bits per heavy atom. The van der Waals surface area contributed by atoms with E-state index in [4.69, 9.17) is 0 Å². The molecule has 8 fully saturated rings. The highest BCUT2D eigenvalue weighted by Gasteiger charge is 2.61. The molecule has 2 N–H and O–H groups in total. The number of hydrogen-bond donors (Lipinski definition) is 2. The fourth-order valence-electron chi connectivity index (χ4n) is 15.0. The Morgan fingerprint density at radius 3 is 1.48 bits per heavy atom. The van der Waals surface area contributed by atoms with E-state index in [1.54, 1.807) is 8.61 Å². The van der Waals surface area contributed by atoms with E-state index in [0.29, 0.717) is 55.1 Å². The molecular weight excluding hydrogens is 669 g/mol. The molecule has 0 bridgehead atoms. The second-order valence-electron chi connectivity index (χ2n) is 20.0. The van der Waals surface area contributed by atoms with E-state index in [-0.39, 0.29) is 33.9 Å². The van der Waals surface area contributed by atoms with Gasteiger partial charge in [0, 0.05) is 26.2 Å². The molecule has 0 spiro atoms. The normalized spacial score (nSPS) is 51.3. The van der Waals surface area contributed by atoms with Crippen LogP contribution >= 0.6 is 0 Å². The Labute approximate surface area is 305 Å². The van der Waals surface area contributed by atoms with Crippen LogP contribution in [0.3, 0.4) is 0 Å². The quantitative estimate of drug-likeness (QED) is 0.334. The highest BCUT2D eigenvalue weighted by molar-refractivity contribution is 7.88. The van der Waals surface area contributed by atoms with Crippen LogP contribution in [0.15, 0.2) is 0 Å². The highest BCUT2D eigenvalue weighted by atomic mass is 32.2. The summed E-state index contributed by atoms with van der Waals surface area (Å²) in [6.45, 7) is 12.4. The average molecular weight is 739 g/mol. The van der Waals surface area contributed by atoms with Gasteiger partial charge in [0.05, 0.1) is 24.7 Å². The van der Waals surface area contributed by atoms with Crippen LogP contribution in [0.25, 0.3) is 0 Å². The second-order valence-corrected chi connectivity index (χ2v) is 24.0. The summed E-state index contributed by atoms with van der Waals surface area (Å²) in [6.07, 6.45) is 20.7. The molecule has 8 nitrogen and oxygen atoms in total. The van der Waals surface area contributed by atoms with Gasteiger partial charge in [-0.3, -0.25) is 0 Å². The predicted octanol–water partition coefficient (Wildman–Crippen LogP) is 6.52. The molecule has 0 aromatic carbocycles. The van der Waals surface area contributed by atoms with Crippen LogP contribution in [0, 0.1) is 69.0 Å². The molecule has 2 saturated heterocycles. The number of hydrogen-bond acceptors (Lipinski definition) is 6. The van der Waals surface area contributed by atoms with Crippen LogP contribution in [-0.4, -0.2) is 86.6 Å². The van der Waals surface area contributed by atoms with Gasteiger partial charge in [0.15, 0.2) is 0 Å². The number of fused-ring (bicyclic) bond motifs is 10. The third kappa shape index (κ3) is 6.20. The first-order valence-electron chi connectivity index (χ1n) is 20.6. The Hall–Kier alpha value is -0.260. The van der Waals surface area contributed by atoms with Crippen molar-refractivity contribution in [3.05, 3.63) is 0 Å². The summed E-state index contributed by atoms with van der Waals surface area (Å²) in [7, 11) is -6.17. The Bertz CT molecular complexity index is 1450. The van der Waals surface area contributed by atoms with E-state index in [2.05, 4.69) is 27.7 Å². The topological polar surface area (TPSA) is 115 Å². The fourth-order valence-corrected chi connectivity index (χ4v) is 16.7. The molecular formula is C40H70N2O6S2. The van der Waals surface area contributed by atoms with Gasteiger partial charge in [0.2, 0.25) is 20.0 Å². The fraction of sp³-hybridized carbons (Fsp3) is 1.00. The lowest BCUT2D eigenvalue weighted by molar-refractivity contribution is -0.109. The summed E-state index contributed by atoms with van der Waals surface area (Å²) in [6, 6.07) is 0. The van der Waals surface area contributed by atoms with Crippen LogP contribution in [-0.2, 0) is 20.0 Å². The minimum absolute atomic E-state index is 0.112. The monoisotopic (exact) mass is 738 g/mol. The Kier molecular flexibility index (Phi) is 10.0. The first-order valence-corrected chi connectivity index (χ1v) is 24.3. The highest BCUT2D eigenvalue weighted by Crippen LogP contribution is 2.67. The number of rotatable bonds is 2. The van der Waals surface area contributed by atoms with Crippen molar-refractivity contribution in [1.29, 1.82) is 0 Å². The van der Waals surface area contributed by atoms with E-state index >= 15 is 0 Å². The van der Waals surface area contributed by atoms with E-state index in [0.717, 1.165) is 76.2 Å². The molecule has 6 saturated carbocycles. The standard InChI is InChI=1S/2C20H35NO3S/c1-19-10-4-12-21(25(3,23)24)13-14(19)5-6-15-16-7-8-18(22)20(16,2)11-9-17(15)19;1-19-11-13-21(25(3,23)24)12-9-14(19)4-5-15-16-6-7-18(22)20(16,2)10-8-17(15)19/h2*14-18,22H,4-13H2,1-3H3/t2*14?,15-,16-,17-,18?,19-,20-/m00/s1. The molecule has 50 heavy (non-hydrogen) atoms. The summed E-state index contributed by atoms with van der Waals surface area (Å²) in [5, 5.41) is 21.1. The van der Waals surface area contributed by atoms with Gasteiger partial charge in [0.25, 0.3) is 0 Å². The molecule has 8 rings (SSSR count). The van der Waals surface area contributed by atoms with Crippen LogP contribution in [0.5, 0.6) is 0 Å². The number of sulfonamides is 2. The number of aliphatic hydroxyl groups excluding tert-OH is 2. The van der Waals surface area contributed by atoms with Crippen LogP contribution in [0.4, 0.5) is 0 Å². The molecule has 6 aliphatic carbocycles. The van der Waals surface area contributed by atoms with Gasteiger partial charge in [-0.15, -0.1) is 0 Å². The second kappa shape index (κ2) is 13.2. The average Bonchev–Trinajstić information content (AvgIpc) is 3.33. The van der Waals surface area contributed by atoms with Crippen LogP contribution in [0.1, 0.15) is 130 Å². The van der Waals surface area contributed by atoms with Crippen molar-refractivity contribution < 1.29 is 27.0 Å². The summed E-state index contributed by atoms with van der Waals surface area (Å²) in [4.78, 5) is 0. The van der Waals surface area contributed by atoms with Crippen molar-refractivity contribution in [2.24, 2.45) is 69.0 Å². The maximum atomic E-state index is 12.1. The lowest BCUT2D eigenvalue weighted by atomic mass is 9.47. The minimum atomic E-state index is -3.09. The summed E-state index contributed by atoms with van der Waals surface area (Å²) >= 11 is 0. The molecule has 288 valence electrons. The van der Waals surface area contributed by atoms with Crippen molar-refractivity contribution in [1.82, 2.24) is 8.61 Å². The molecule has 2 aliphatic heterocycles. The third-order valence-corrected chi connectivity index (χ3v) is 20.7. The van der Waals surface area contributed by atoms with E-state index in [1.807, 2.05) is 0 Å². The predicted molar refractivity (Wildman–Crippen MR) is 199 cm³/mol. The maximum Gasteiger partial charge on any atom is 0.211 e. The van der Waals surface area contributed by atoms with Gasteiger partial charge < -0.3 is 10.2 Å². The van der Waals surface area contributed by atoms with Gasteiger partial charge in [-0.1, -0.05) is 27.7 Å². The molecule has 0 amide bonds. The van der Waals surface area contributed by atoms with E-state index in [1.165, 1.54) is 57.5 Å². The van der Waals surface area contributed by atoms with Gasteiger partial charge >= 0.3 is 0 Å². The van der Waals surface area contributed by atoms with Crippen molar-refractivity contribution in [2.45, 2.75) is 143 Å². The number of aliphatic hydroxyl groups is 2. The zero-order chi connectivity index (χ0) is 36.1. The van der Waals surface area contributed by atoms with E-state index < -0.39 is 20.0 Å². The summed E-state index contributed by atoms with van der Waals surface area (Å²) < 4.78 is 51.8. The van der Waals surface area contributed by atoms with Crippen LogP contribution < -0.4 is 0 Å². The SMILES string of the molecule is C[C@]12CCCN(S(C)(=O)=O)CC1CC[C@@H]1[C@@H]2CC[C@]2(C)C(O)CC[C@@H]12.C[C@]12CCN(S(C)(=O)=O)CCC1CC[C@@H]1[C@@H]2CC[C@]2(C)C(O)CC[C@@H]12. The first kappa shape index (κ1) is 38.0. The largest absolute Gasteiger partial charge is 0.393 e. The Morgan fingerprint density at radius 1 is 0.480 bits per heavy atom. The van der Waals surface area contributed by atoms with Gasteiger partial charge in [-0.2, -0.15) is 0 Å². The summed E-state index contributed by atoms with van der Waals surface area (Å²) in [5.74, 6) is 5.42. The van der Waals surface area contributed by atoms with Crippen molar-refractivity contribution >= 4 is 20.0 Å². The van der Waals surface area contributed by atoms with Crippen LogP contribution in [0.2, 0.25) is 0 Å². The third-order valence-electron chi connectivity index (χ3n) is 18.1. The van der Waals surface area contributed by atoms with E-state index in [9.17, 15) is 27.0 Å². The molecule has 10 heteroatoms. The van der Waals surface area contributed by atoms with Gasteiger partial charge in [-0.05, 0) is 172 Å². The minimum Gasteiger partial charge on any atom is -0.393 e. The molecule has 8 aliphatic rings. The Balaban J connectivity index is 0.000000157. The first-order chi connectivity index (χ1) is 23.3. The smallest absolute Gasteiger partial charge is 0.211 e. The molecule has 2 heterocycles. The van der Waals surface area contributed by atoms with Crippen molar-refractivity contribution in [3.63, 3.8) is 0 Å². The summed E-state index contributed by atoms with van der Waals surface area (Å²) in [5.41, 5.74) is 0.816. The molecule has 0 radical (unpaired) electrons. The lowest BCUT2D eigenvalue weighted by Gasteiger charge is -2.58. The number of nitrogens with zero attached hydrogens (tertiary/aromatic N) is 2. The van der Waals surface area contributed by atoms with Crippen molar-refractivity contribution in [2.75, 3.05) is 38.7 Å². The zero-order valence-corrected chi connectivity index (χ0v) is 33.8. The van der Waals surface area contributed by atoms with Gasteiger partial charge in [-0.25, -0.2) is 25.4 Å². The molecule has 0 aromatic rings. The maximum absolute atomic E-state index is 12.1. The zero-order valence-electron chi connectivity index (χ0n) is 32.2.